The molecule has 0 atom stereocenters. The van der Waals surface area contributed by atoms with E-state index in [9.17, 15) is 0 Å². The molecule has 2 rings (SSSR count). The summed E-state index contributed by atoms with van der Waals surface area (Å²) >= 11 is 1.54. The van der Waals surface area contributed by atoms with E-state index in [4.69, 9.17) is 16.2 Å². The van der Waals surface area contributed by atoms with E-state index in [-0.39, 0.29) is 24.8 Å². The number of fused-ring (bicyclic) bond motifs is 1. The summed E-state index contributed by atoms with van der Waals surface area (Å²) in [7, 11) is 0. The molecule has 0 aliphatic carbocycles. The molecular formula is C14H17ClN2OS. The van der Waals surface area contributed by atoms with Crippen molar-refractivity contribution in [2.24, 2.45) is 5.73 Å². The number of hydrogen-bond donors (Lipinski definition) is 3. The Labute approximate surface area is 122 Å². The van der Waals surface area contributed by atoms with E-state index in [1.54, 1.807) is 0 Å². The number of thiophene rings is 1. The summed E-state index contributed by atoms with van der Waals surface area (Å²) in [6.45, 7) is 0.224. The van der Waals surface area contributed by atoms with Crippen LogP contribution in [0.25, 0.3) is 16.2 Å². The first-order valence-corrected chi connectivity index (χ1v) is 6.68. The second kappa shape index (κ2) is 7.28. The molecule has 0 unspecified atom stereocenters. The lowest BCUT2D eigenvalue weighted by atomic mass is 10.1. The third-order valence-electron chi connectivity index (χ3n) is 2.69. The quantitative estimate of drug-likeness (QED) is 0.450. The number of halogens is 1. The van der Waals surface area contributed by atoms with Gasteiger partial charge in [0.05, 0.1) is 4.88 Å². The van der Waals surface area contributed by atoms with Crippen LogP contribution < -0.4 is 5.73 Å². The fourth-order valence-electron chi connectivity index (χ4n) is 1.78. The van der Waals surface area contributed by atoms with Crippen molar-refractivity contribution in [2.45, 2.75) is 12.8 Å². The van der Waals surface area contributed by atoms with Gasteiger partial charge in [-0.25, -0.2) is 0 Å². The highest BCUT2D eigenvalue weighted by Crippen LogP contribution is 2.28. The summed E-state index contributed by atoms with van der Waals surface area (Å²) in [6.07, 6.45) is 5.79. The molecule has 102 valence electrons. The Balaban J connectivity index is 0.00000180. The number of aliphatic hydroxyl groups excluding tert-OH is 1. The fraction of sp³-hybridized carbons (Fsp3) is 0.214. The van der Waals surface area contributed by atoms with Crippen LogP contribution in [0.2, 0.25) is 0 Å². The minimum absolute atomic E-state index is 0. The maximum Gasteiger partial charge on any atom is 0.133 e. The van der Waals surface area contributed by atoms with Gasteiger partial charge in [0.15, 0.2) is 0 Å². The van der Waals surface area contributed by atoms with Gasteiger partial charge in [-0.3, -0.25) is 5.41 Å². The highest BCUT2D eigenvalue weighted by atomic mass is 35.5. The number of nitrogen functional groups attached to an aromatic ring is 1. The molecule has 1 heterocycles. The molecule has 19 heavy (non-hydrogen) atoms. The first kappa shape index (κ1) is 15.7. The van der Waals surface area contributed by atoms with E-state index >= 15 is 0 Å². The van der Waals surface area contributed by atoms with Crippen molar-refractivity contribution in [1.82, 2.24) is 0 Å². The lowest BCUT2D eigenvalue weighted by molar-refractivity contribution is 0.290. The van der Waals surface area contributed by atoms with Gasteiger partial charge in [0.25, 0.3) is 0 Å². The van der Waals surface area contributed by atoms with Crippen LogP contribution in [0.5, 0.6) is 0 Å². The summed E-state index contributed by atoms with van der Waals surface area (Å²) in [5.74, 6) is 0.117. The molecule has 0 saturated heterocycles. The third-order valence-corrected chi connectivity index (χ3v) is 3.82. The Hall–Kier alpha value is -1.36. The van der Waals surface area contributed by atoms with Gasteiger partial charge >= 0.3 is 0 Å². The molecule has 1 aromatic carbocycles. The fourth-order valence-corrected chi connectivity index (χ4v) is 2.74. The second-order valence-electron chi connectivity index (χ2n) is 4.05. The minimum atomic E-state index is 0. The highest BCUT2D eigenvalue weighted by Gasteiger charge is 2.06. The van der Waals surface area contributed by atoms with Crippen molar-refractivity contribution in [2.75, 3.05) is 6.61 Å². The number of benzene rings is 1. The zero-order valence-corrected chi connectivity index (χ0v) is 12.1. The summed E-state index contributed by atoms with van der Waals surface area (Å²) in [6, 6.07) is 8.06. The zero-order chi connectivity index (χ0) is 13.0. The molecule has 3 nitrogen and oxygen atoms in total. The maximum absolute atomic E-state index is 8.73. The third kappa shape index (κ3) is 3.80. The van der Waals surface area contributed by atoms with Crippen LogP contribution in [0.1, 0.15) is 23.3 Å². The number of hydrogen-bond acceptors (Lipinski definition) is 3. The van der Waals surface area contributed by atoms with Crippen molar-refractivity contribution < 1.29 is 5.11 Å². The largest absolute Gasteiger partial charge is 0.396 e. The van der Waals surface area contributed by atoms with Crippen molar-refractivity contribution in [1.29, 1.82) is 5.41 Å². The van der Waals surface area contributed by atoms with E-state index in [1.807, 2.05) is 18.2 Å². The lowest BCUT2D eigenvalue weighted by Gasteiger charge is -1.96. The van der Waals surface area contributed by atoms with Gasteiger partial charge in [-0.1, -0.05) is 24.3 Å². The monoisotopic (exact) mass is 296 g/mol. The van der Waals surface area contributed by atoms with Crippen molar-refractivity contribution >= 4 is 45.7 Å². The molecule has 0 spiro atoms. The van der Waals surface area contributed by atoms with Gasteiger partial charge in [-0.2, -0.15) is 0 Å². The van der Waals surface area contributed by atoms with Gasteiger partial charge in [-0.15, -0.1) is 23.7 Å². The van der Waals surface area contributed by atoms with E-state index in [2.05, 4.69) is 18.2 Å². The van der Waals surface area contributed by atoms with E-state index < -0.39 is 0 Å². The summed E-state index contributed by atoms with van der Waals surface area (Å²) in [5, 5.41) is 17.3. The Bertz CT molecular complexity index is 592. The van der Waals surface area contributed by atoms with Crippen LogP contribution in [0, 0.1) is 5.41 Å². The maximum atomic E-state index is 8.73. The normalized spacial score (nSPS) is 10.8. The van der Waals surface area contributed by atoms with Crippen LogP contribution in [-0.4, -0.2) is 17.5 Å². The molecule has 4 N–H and O–H groups in total. The first-order chi connectivity index (χ1) is 8.72. The lowest BCUT2D eigenvalue weighted by Crippen LogP contribution is -2.08. The Kier molecular flexibility index (Phi) is 6.02. The molecular weight excluding hydrogens is 280 g/mol. The number of nitrogens with two attached hydrogens (primary N) is 1. The number of amidine groups is 1. The number of aliphatic hydroxyl groups is 1. The molecule has 0 saturated carbocycles. The molecule has 0 fully saturated rings. The topological polar surface area (TPSA) is 70.1 Å². The van der Waals surface area contributed by atoms with E-state index in [1.165, 1.54) is 11.3 Å². The SMILES string of the molecule is Cl.N=C(N)c1cc2c(C=CCCCO)cccc2s1. The smallest absolute Gasteiger partial charge is 0.133 e. The molecule has 2 aromatic rings. The zero-order valence-electron chi connectivity index (χ0n) is 10.4. The van der Waals surface area contributed by atoms with Crippen LogP contribution in [-0.2, 0) is 0 Å². The minimum Gasteiger partial charge on any atom is -0.396 e. The van der Waals surface area contributed by atoms with Gasteiger partial charge in [0.2, 0.25) is 0 Å². The van der Waals surface area contributed by atoms with Crippen LogP contribution in [0.15, 0.2) is 30.3 Å². The number of allylic oxidation sites excluding steroid dienone is 1. The molecule has 0 aliphatic rings. The average Bonchev–Trinajstić information content (AvgIpc) is 2.79. The summed E-state index contributed by atoms with van der Waals surface area (Å²) in [4.78, 5) is 0.807. The molecule has 5 heteroatoms. The number of unbranched alkanes of at least 4 members (excludes halogenated alkanes) is 1. The predicted octanol–water partition coefficient (Wildman–Crippen LogP) is 3.39. The van der Waals surface area contributed by atoms with Crippen molar-refractivity contribution in [3.63, 3.8) is 0 Å². The standard InChI is InChI=1S/C14H16N2OS.ClH/c15-14(16)13-9-11-10(5-2-1-3-8-17)6-4-7-12(11)18-13;/h2,4-7,9,17H,1,3,8H2,(H3,15,16);1H. The Morgan fingerprint density at radius 3 is 2.89 bits per heavy atom. The van der Waals surface area contributed by atoms with Gasteiger partial charge in [-0.05, 0) is 30.5 Å². The van der Waals surface area contributed by atoms with Crippen molar-refractivity contribution in [3.05, 3.63) is 40.8 Å². The number of nitrogens with one attached hydrogen (secondary N) is 1. The molecule has 0 aliphatic heterocycles. The molecule has 1 aromatic heterocycles. The second-order valence-corrected chi connectivity index (χ2v) is 5.14. The summed E-state index contributed by atoms with van der Waals surface area (Å²) < 4.78 is 1.14. The Morgan fingerprint density at radius 2 is 2.21 bits per heavy atom. The van der Waals surface area contributed by atoms with E-state index in [0.717, 1.165) is 33.4 Å². The molecule has 0 radical (unpaired) electrons. The molecule has 0 bridgehead atoms. The highest BCUT2D eigenvalue weighted by molar-refractivity contribution is 7.20. The van der Waals surface area contributed by atoms with Gasteiger partial charge < -0.3 is 10.8 Å². The number of rotatable bonds is 5. The van der Waals surface area contributed by atoms with Crippen molar-refractivity contribution in [3.8, 4) is 0 Å². The predicted molar refractivity (Wildman–Crippen MR) is 85.4 cm³/mol. The Morgan fingerprint density at radius 1 is 1.42 bits per heavy atom. The van der Waals surface area contributed by atoms with Crippen LogP contribution in [0.3, 0.4) is 0 Å². The van der Waals surface area contributed by atoms with Crippen LogP contribution in [0.4, 0.5) is 0 Å². The summed E-state index contributed by atoms with van der Waals surface area (Å²) in [5.41, 5.74) is 6.65. The van der Waals surface area contributed by atoms with Gasteiger partial charge in [0.1, 0.15) is 5.84 Å². The van der Waals surface area contributed by atoms with E-state index in [0.29, 0.717) is 0 Å². The average molecular weight is 297 g/mol. The first-order valence-electron chi connectivity index (χ1n) is 5.86. The van der Waals surface area contributed by atoms with Gasteiger partial charge in [0, 0.05) is 16.7 Å². The molecule has 0 amide bonds. The van der Waals surface area contributed by atoms with Crippen LogP contribution >= 0.6 is 23.7 Å².